The van der Waals surface area contributed by atoms with E-state index in [0.717, 1.165) is 23.2 Å². The topological polar surface area (TPSA) is 25.2 Å². The summed E-state index contributed by atoms with van der Waals surface area (Å²) in [5.74, 6) is 0.319. The van der Waals surface area contributed by atoms with Crippen LogP contribution in [0.1, 0.15) is 126 Å². The van der Waals surface area contributed by atoms with Crippen molar-refractivity contribution in [3.05, 3.63) is 110 Å². The molecule has 5 aromatic rings. The number of hydrogen-bond acceptors (Lipinski definition) is 1. The average Bonchev–Trinajstić information content (AvgIpc) is 3.23. The molecule has 0 aliphatic heterocycles. The van der Waals surface area contributed by atoms with Crippen molar-refractivity contribution in [2.75, 3.05) is 0 Å². The maximum absolute atomic E-state index is 11.4. The van der Waals surface area contributed by atoms with Gasteiger partial charge < -0.3 is 24.5 Å². The standard InChI is InChI=1S/C44H57NO.2CH3.Hf/c1-40(2,3)27-44(13,14)31-17-20-39(46)34(26-31)28-21-32(43(10,11)12)23-33(22-28)45-37-18-15-29(41(4,5)6)24-35(37)36-25-30(42(7,8)9)16-19-38(36)45;;;/h15-26,46H,27H2,1-14H3;2*1H3;/q;2*-1;. The van der Waals surface area contributed by atoms with E-state index in [2.05, 4.69) is 168 Å². The quantitative estimate of drug-likeness (QED) is 0.142. The van der Waals surface area contributed by atoms with Gasteiger partial charge in [-0.2, -0.15) is 0 Å². The van der Waals surface area contributed by atoms with E-state index >= 15 is 0 Å². The van der Waals surface area contributed by atoms with E-state index < -0.39 is 0 Å². The van der Waals surface area contributed by atoms with Crippen molar-refractivity contribution >= 4 is 21.8 Å². The molecule has 3 heteroatoms. The second-order valence-corrected chi connectivity index (χ2v) is 18.7. The zero-order valence-electron chi connectivity index (χ0n) is 33.5. The van der Waals surface area contributed by atoms with Crippen LogP contribution in [0.25, 0.3) is 38.6 Å². The molecule has 0 atom stereocenters. The third kappa shape index (κ3) is 8.81. The van der Waals surface area contributed by atoms with Crippen LogP contribution >= 0.6 is 0 Å². The zero-order chi connectivity index (χ0) is 34.2. The summed E-state index contributed by atoms with van der Waals surface area (Å²) in [4.78, 5) is 0. The minimum Gasteiger partial charge on any atom is -0.507 e. The summed E-state index contributed by atoms with van der Waals surface area (Å²) in [7, 11) is 0. The van der Waals surface area contributed by atoms with Crippen LogP contribution in [0, 0.1) is 20.3 Å². The first-order valence-electron chi connectivity index (χ1n) is 17.0. The first kappa shape index (κ1) is 42.5. The molecule has 0 saturated heterocycles. The van der Waals surface area contributed by atoms with Gasteiger partial charge in [0, 0.05) is 47.9 Å². The summed E-state index contributed by atoms with van der Waals surface area (Å²) in [6.07, 6.45) is 1.05. The summed E-state index contributed by atoms with van der Waals surface area (Å²) < 4.78 is 2.44. The smallest absolute Gasteiger partial charge is 0.123 e. The fourth-order valence-corrected chi connectivity index (χ4v) is 7.18. The number of phenolic OH excluding ortho intramolecular Hbond substituents is 1. The van der Waals surface area contributed by atoms with Gasteiger partial charge in [0.15, 0.2) is 0 Å². The molecule has 1 heterocycles. The van der Waals surface area contributed by atoms with Crippen LogP contribution in [0.15, 0.2) is 72.8 Å². The molecule has 0 spiro atoms. The zero-order valence-corrected chi connectivity index (χ0v) is 37.1. The fraction of sp³-hybridized carbons (Fsp3) is 0.435. The summed E-state index contributed by atoms with van der Waals surface area (Å²) in [5.41, 5.74) is 10.8. The first-order chi connectivity index (χ1) is 21.0. The van der Waals surface area contributed by atoms with Crippen molar-refractivity contribution < 1.29 is 30.9 Å². The van der Waals surface area contributed by atoms with Crippen molar-refractivity contribution in [1.29, 1.82) is 0 Å². The molecule has 1 N–H and O–H groups in total. The Morgan fingerprint density at radius 1 is 0.510 bits per heavy atom. The van der Waals surface area contributed by atoms with Crippen molar-refractivity contribution in [1.82, 2.24) is 4.57 Å². The summed E-state index contributed by atoms with van der Waals surface area (Å²) >= 11 is 0. The van der Waals surface area contributed by atoms with Gasteiger partial charge in [-0.25, -0.2) is 0 Å². The van der Waals surface area contributed by atoms with Gasteiger partial charge in [-0.1, -0.05) is 121 Å². The molecule has 0 saturated carbocycles. The number of aromatic hydroxyl groups is 1. The number of aromatic nitrogens is 1. The monoisotopic (exact) mass is 825 g/mol. The van der Waals surface area contributed by atoms with Gasteiger partial charge in [0.25, 0.3) is 0 Å². The van der Waals surface area contributed by atoms with Gasteiger partial charge >= 0.3 is 0 Å². The predicted octanol–water partition coefficient (Wildman–Crippen LogP) is 13.7. The molecule has 5 rings (SSSR count). The van der Waals surface area contributed by atoms with E-state index in [0.29, 0.717) is 5.75 Å². The van der Waals surface area contributed by atoms with Crippen LogP contribution in [0.3, 0.4) is 0 Å². The molecule has 2 nitrogen and oxygen atoms in total. The molecule has 264 valence electrons. The predicted molar refractivity (Wildman–Crippen MR) is 214 cm³/mol. The van der Waals surface area contributed by atoms with E-state index in [1.807, 2.05) is 6.07 Å². The molecule has 0 aliphatic rings. The number of hydrogen-bond donors (Lipinski definition) is 1. The van der Waals surface area contributed by atoms with Crippen LogP contribution < -0.4 is 0 Å². The Morgan fingerprint density at radius 2 is 0.959 bits per heavy atom. The molecule has 1 aromatic heterocycles. The molecule has 4 aromatic carbocycles. The van der Waals surface area contributed by atoms with E-state index in [1.165, 1.54) is 44.1 Å². The molecular weight excluding hydrogens is 761 g/mol. The fourth-order valence-electron chi connectivity index (χ4n) is 7.18. The minimum atomic E-state index is -0.0823. The summed E-state index contributed by atoms with van der Waals surface area (Å²) in [6.45, 7) is 32.1. The average molecular weight is 825 g/mol. The number of rotatable bonds is 4. The van der Waals surface area contributed by atoms with Gasteiger partial charge in [-0.05, 0) is 110 Å². The molecule has 0 fully saturated rings. The Balaban J connectivity index is 0.00000278. The summed E-state index contributed by atoms with van der Waals surface area (Å²) in [5, 5.41) is 13.9. The van der Waals surface area contributed by atoms with E-state index in [4.69, 9.17) is 0 Å². The van der Waals surface area contributed by atoms with Crippen molar-refractivity contribution in [2.24, 2.45) is 5.41 Å². The van der Waals surface area contributed by atoms with Crippen LogP contribution in [0.4, 0.5) is 0 Å². The van der Waals surface area contributed by atoms with E-state index in [9.17, 15) is 5.11 Å². The Kier molecular flexibility index (Phi) is 12.3. The van der Waals surface area contributed by atoms with E-state index in [1.54, 1.807) is 0 Å². The Bertz CT molecular complexity index is 1860. The normalized spacial score (nSPS) is 12.8. The van der Waals surface area contributed by atoms with Crippen LogP contribution in [-0.4, -0.2) is 9.67 Å². The van der Waals surface area contributed by atoms with Crippen LogP contribution in [0.2, 0.25) is 0 Å². The number of nitrogens with zero attached hydrogens (tertiary/aromatic N) is 1. The Morgan fingerprint density at radius 3 is 1.39 bits per heavy atom. The minimum absolute atomic E-state index is 0. The molecule has 0 aliphatic carbocycles. The Labute approximate surface area is 318 Å². The SMILES string of the molecule is CC(C)(C)CC(C)(C)c1ccc(O)c(-c2cc(-n3c4ccc(C(C)(C)C)cc4c4cc(C(C)(C)C)ccc43)cc(C(C)(C)C)c2)c1.[CH3-].[CH3-].[Hf]. The van der Waals surface area contributed by atoms with Gasteiger partial charge in [0.05, 0.1) is 11.0 Å². The number of benzene rings is 4. The molecule has 0 unspecified atom stereocenters. The van der Waals surface area contributed by atoms with Crippen molar-refractivity contribution in [3.8, 4) is 22.6 Å². The number of phenols is 1. The molecular formula is C46H63HfNO-2. The third-order valence-corrected chi connectivity index (χ3v) is 9.60. The van der Waals surface area contributed by atoms with E-state index in [-0.39, 0.29) is 67.8 Å². The van der Waals surface area contributed by atoms with Crippen molar-refractivity contribution in [3.63, 3.8) is 0 Å². The first-order valence-corrected chi connectivity index (χ1v) is 17.0. The maximum atomic E-state index is 11.4. The second-order valence-electron chi connectivity index (χ2n) is 18.7. The third-order valence-electron chi connectivity index (χ3n) is 9.60. The largest absolute Gasteiger partial charge is 0.507 e. The van der Waals surface area contributed by atoms with Gasteiger partial charge in [0.2, 0.25) is 0 Å². The maximum Gasteiger partial charge on any atom is 0.123 e. The van der Waals surface area contributed by atoms with Gasteiger partial charge in [0.1, 0.15) is 5.75 Å². The molecule has 49 heavy (non-hydrogen) atoms. The Hall–Kier alpha value is -2.65. The molecule has 0 amide bonds. The summed E-state index contributed by atoms with van der Waals surface area (Å²) in [6, 6.07) is 27.1. The van der Waals surface area contributed by atoms with Gasteiger partial charge in [-0.3, -0.25) is 0 Å². The van der Waals surface area contributed by atoms with Crippen molar-refractivity contribution in [2.45, 2.75) is 125 Å². The second kappa shape index (κ2) is 14.2. The molecule has 0 radical (unpaired) electrons. The number of fused-ring (bicyclic) bond motifs is 3. The van der Waals surface area contributed by atoms with Crippen LogP contribution in [-0.2, 0) is 47.5 Å². The van der Waals surface area contributed by atoms with Crippen LogP contribution in [0.5, 0.6) is 5.75 Å². The molecule has 0 bridgehead atoms. The van der Waals surface area contributed by atoms with Gasteiger partial charge in [-0.15, -0.1) is 0 Å².